The third-order valence-corrected chi connectivity index (χ3v) is 5.98. The average Bonchev–Trinajstić information content (AvgIpc) is 3.14. The number of benzene rings is 1. The molecule has 218 valence electrons. The number of carbonyl (C=O) groups is 3. The van der Waals surface area contributed by atoms with E-state index in [-0.39, 0.29) is 19.4 Å². The van der Waals surface area contributed by atoms with Crippen molar-refractivity contribution in [3.8, 4) is 0 Å². The molecule has 14 heteroatoms. The normalized spacial score (nSPS) is 19.6. The van der Waals surface area contributed by atoms with Crippen LogP contribution in [0.3, 0.4) is 0 Å². The summed E-state index contributed by atoms with van der Waals surface area (Å²) in [5, 5.41) is 15.0. The van der Waals surface area contributed by atoms with Gasteiger partial charge in [0.05, 0.1) is 13.0 Å². The molecule has 0 radical (unpaired) electrons. The number of amides is 2. The van der Waals surface area contributed by atoms with Gasteiger partial charge in [0, 0.05) is 18.3 Å². The van der Waals surface area contributed by atoms with Gasteiger partial charge in [-0.1, -0.05) is 44.4 Å². The van der Waals surface area contributed by atoms with Crippen LogP contribution >= 0.6 is 0 Å². The maximum Gasteiger partial charge on any atom is 0.412 e. The molecule has 0 saturated carbocycles. The van der Waals surface area contributed by atoms with Crippen LogP contribution in [0.2, 0.25) is 0 Å². The highest BCUT2D eigenvalue weighted by Crippen LogP contribution is 2.43. The lowest BCUT2D eigenvalue weighted by Gasteiger charge is -2.23. The van der Waals surface area contributed by atoms with Crippen LogP contribution in [0.4, 0.5) is 25.1 Å². The molecule has 3 atom stereocenters. The van der Waals surface area contributed by atoms with Crippen molar-refractivity contribution < 1.29 is 42.5 Å². The highest BCUT2D eigenvalue weighted by molar-refractivity contribution is 5.92. The molecular weight excluding hydrogens is 534 g/mol. The second kappa shape index (κ2) is 14.5. The van der Waals surface area contributed by atoms with E-state index in [1.165, 1.54) is 0 Å². The summed E-state index contributed by atoms with van der Waals surface area (Å²) >= 11 is 0. The lowest BCUT2D eigenvalue weighted by atomic mass is 10.1. The molecule has 0 bridgehead atoms. The van der Waals surface area contributed by atoms with E-state index in [9.17, 15) is 24.3 Å². The summed E-state index contributed by atoms with van der Waals surface area (Å²) in [6.45, 7) is 1.35. The Kier molecular flexibility index (Phi) is 11.1. The van der Waals surface area contributed by atoms with Crippen molar-refractivity contribution in [1.82, 2.24) is 9.55 Å². The Morgan fingerprint density at radius 2 is 1.82 bits per heavy atom. The van der Waals surface area contributed by atoms with Crippen molar-refractivity contribution in [3.63, 3.8) is 0 Å². The van der Waals surface area contributed by atoms with Crippen molar-refractivity contribution in [2.24, 2.45) is 0 Å². The fraction of sp³-hybridized carbons (Fsp3) is 0.500. The quantitative estimate of drug-likeness (QED) is 0.244. The number of rotatable bonds is 13. The van der Waals surface area contributed by atoms with Gasteiger partial charge in [0.15, 0.2) is 6.10 Å². The Morgan fingerprint density at radius 1 is 1.07 bits per heavy atom. The first-order chi connectivity index (χ1) is 19.1. The van der Waals surface area contributed by atoms with Crippen LogP contribution in [0.25, 0.3) is 0 Å². The molecule has 1 aliphatic rings. The van der Waals surface area contributed by atoms with Gasteiger partial charge in [0.1, 0.15) is 18.5 Å². The fourth-order valence-electron chi connectivity index (χ4n) is 3.88. The number of anilines is 2. The number of ether oxygens (including phenoxy) is 3. The summed E-state index contributed by atoms with van der Waals surface area (Å²) in [6.07, 6.45) is -3.68. The number of aliphatic hydroxyl groups is 1. The number of aromatic nitrogens is 2. The van der Waals surface area contributed by atoms with Crippen molar-refractivity contribution in [2.75, 3.05) is 23.8 Å². The fourth-order valence-corrected chi connectivity index (χ4v) is 3.88. The number of nitrogens with zero attached hydrogens (tertiary/aromatic N) is 2. The van der Waals surface area contributed by atoms with Gasteiger partial charge in [-0.2, -0.15) is 8.78 Å². The van der Waals surface area contributed by atoms with Gasteiger partial charge in [-0.25, -0.2) is 19.1 Å². The number of hydrogen-bond donors (Lipinski definition) is 3. The molecule has 0 spiro atoms. The van der Waals surface area contributed by atoms with E-state index in [0.29, 0.717) is 16.7 Å². The van der Waals surface area contributed by atoms with Crippen LogP contribution in [-0.2, 0) is 23.8 Å². The zero-order valence-corrected chi connectivity index (χ0v) is 21.9. The Labute approximate surface area is 228 Å². The van der Waals surface area contributed by atoms with Gasteiger partial charge < -0.3 is 24.6 Å². The molecular formula is C26H32F2N4O8. The van der Waals surface area contributed by atoms with E-state index in [1.54, 1.807) is 30.3 Å². The minimum Gasteiger partial charge on any atom is -0.463 e. The molecule has 1 fully saturated rings. The number of halogens is 2. The Morgan fingerprint density at radius 3 is 2.55 bits per heavy atom. The highest BCUT2D eigenvalue weighted by atomic mass is 19.3. The topological polar surface area (TPSA) is 158 Å². The van der Waals surface area contributed by atoms with Crippen LogP contribution in [0.15, 0.2) is 47.4 Å². The summed E-state index contributed by atoms with van der Waals surface area (Å²) in [7, 11) is 0. The highest BCUT2D eigenvalue weighted by Gasteiger charge is 2.60. The lowest BCUT2D eigenvalue weighted by Crippen LogP contribution is -2.42. The van der Waals surface area contributed by atoms with Gasteiger partial charge in [-0.15, -0.1) is 0 Å². The number of unbranched alkanes of at least 4 members (excludes halogenated alkanes) is 3. The van der Waals surface area contributed by atoms with Gasteiger partial charge in [-0.05, 0) is 24.6 Å². The molecule has 12 nitrogen and oxygen atoms in total. The first-order valence-electron chi connectivity index (χ1n) is 12.9. The number of hydrogen-bond acceptors (Lipinski definition) is 9. The van der Waals surface area contributed by atoms with Crippen LogP contribution < -0.4 is 16.3 Å². The third kappa shape index (κ3) is 8.29. The predicted molar refractivity (Wildman–Crippen MR) is 138 cm³/mol. The minimum atomic E-state index is -4.03. The second-order valence-corrected chi connectivity index (χ2v) is 9.05. The van der Waals surface area contributed by atoms with E-state index in [2.05, 4.69) is 15.6 Å². The summed E-state index contributed by atoms with van der Waals surface area (Å²) < 4.78 is 45.7. The zero-order valence-electron chi connectivity index (χ0n) is 21.9. The van der Waals surface area contributed by atoms with E-state index >= 15 is 8.78 Å². The van der Waals surface area contributed by atoms with Crippen molar-refractivity contribution in [2.45, 2.75) is 69.8 Å². The Balaban J connectivity index is 1.57. The molecule has 0 aliphatic carbocycles. The predicted octanol–water partition coefficient (Wildman–Crippen LogP) is 3.23. The summed E-state index contributed by atoms with van der Waals surface area (Å²) in [4.78, 5) is 52.1. The molecule has 2 aromatic rings. The molecule has 1 saturated heterocycles. The van der Waals surface area contributed by atoms with Gasteiger partial charge in [-0.3, -0.25) is 14.9 Å². The van der Waals surface area contributed by atoms with Crippen molar-refractivity contribution >= 4 is 29.5 Å². The summed E-state index contributed by atoms with van der Waals surface area (Å²) in [6, 6.07) is 9.64. The van der Waals surface area contributed by atoms with Crippen molar-refractivity contribution in [1.29, 1.82) is 0 Å². The number of esters is 1. The molecule has 40 heavy (non-hydrogen) atoms. The Bertz CT molecular complexity index is 1210. The third-order valence-electron chi connectivity index (χ3n) is 5.98. The molecule has 2 heterocycles. The molecule has 1 aliphatic heterocycles. The largest absolute Gasteiger partial charge is 0.463 e. The standard InChI is InChI=1S/C26H32F2N4O8/c1-2-3-4-8-15-38-25(37)31-19-13-14-29-24(36)32(19)23-26(27,28)22(35)18(40-23)16-39-21(34)12-11-20(33)30-17-9-6-5-7-10-17/h5-7,9-10,13-14,18,22-23,35H,2-4,8,11-12,15-16H2,1H3,(H,30,33)(H,31,37)/t18-,22-,23-/m1/s1. The van der Waals surface area contributed by atoms with E-state index in [4.69, 9.17) is 14.2 Å². The molecule has 3 N–H and O–H groups in total. The van der Waals surface area contributed by atoms with Gasteiger partial charge >= 0.3 is 23.7 Å². The summed E-state index contributed by atoms with van der Waals surface area (Å²) in [5.74, 6) is -5.76. The van der Waals surface area contributed by atoms with Crippen molar-refractivity contribution in [3.05, 3.63) is 53.1 Å². The van der Waals surface area contributed by atoms with E-state index in [0.717, 1.165) is 31.5 Å². The van der Waals surface area contributed by atoms with Gasteiger partial charge in [0.2, 0.25) is 12.1 Å². The Hall–Kier alpha value is -3.91. The van der Waals surface area contributed by atoms with Crippen LogP contribution in [0.1, 0.15) is 51.7 Å². The zero-order chi connectivity index (χ0) is 29.1. The smallest absolute Gasteiger partial charge is 0.412 e. The van der Waals surface area contributed by atoms with E-state index in [1.807, 2.05) is 6.92 Å². The number of nitrogens with one attached hydrogen (secondary N) is 2. The second-order valence-electron chi connectivity index (χ2n) is 9.05. The molecule has 0 unspecified atom stereocenters. The lowest BCUT2D eigenvalue weighted by molar-refractivity contribution is -0.151. The first kappa shape index (κ1) is 30.6. The maximum atomic E-state index is 15.0. The van der Waals surface area contributed by atoms with E-state index < -0.39 is 60.4 Å². The minimum absolute atomic E-state index is 0.0946. The number of alkyl halides is 2. The van der Waals surface area contributed by atoms with Crippen LogP contribution in [0.5, 0.6) is 0 Å². The molecule has 3 rings (SSSR count). The maximum absolute atomic E-state index is 15.0. The summed E-state index contributed by atoms with van der Waals surface area (Å²) in [5.41, 5.74) is -0.643. The average molecular weight is 567 g/mol. The number of aliphatic hydroxyl groups excluding tert-OH is 1. The molecule has 1 aromatic heterocycles. The van der Waals surface area contributed by atoms with Gasteiger partial charge in [0.25, 0.3) is 0 Å². The monoisotopic (exact) mass is 566 g/mol. The van der Waals surface area contributed by atoms with Crippen LogP contribution in [-0.4, -0.2) is 64.0 Å². The molecule has 1 aromatic carbocycles. The number of para-hydroxylation sites is 1. The molecule has 2 amide bonds. The van der Waals surface area contributed by atoms with Crippen LogP contribution in [0, 0.1) is 0 Å². The first-order valence-corrected chi connectivity index (χ1v) is 12.9. The SMILES string of the molecule is CCCCCCOC(=O)Nc1ccnc(=O)n1[C@@H]1O[C@H](COC(=O)CCC(=O)Nc2ccccc2)[C@@H](O)C1(F)F. The number of carbonyl (C=O) groups excluding carboxylic acids is 3.